The lowest BCUT2D eigenvalue weighted by Gasteiger charge is -2.03. The molecule has 0 saturated carbocycles. The number of carbonyl (C=O) groups excluding carboxylic acids is 1. The van der Waals surface area contributed by atoms with Crippen LogP contribution >= 0.6 is 0 Å². The molecule has 0 radical (unpaired) electrons. The van der Waals surface area contributed by atoms with Crippen LogP contribution < -0.4 is 5.32 Å². The maximum Gasteiger partial charge on any atom is 0.306 e. The van der Waals surface area contributed by atoms with E-state index in [1.54, 1.807) is 0 Å². The molecule has 2 aromatic rings. The fraction of sp³-hybridized carbons (Fsp3) is 0.333. The first-order valence-corrected chi connectivity index (χ1v) is 6.65. The number of rotatable bonds is 8. The average Bonchev–Trinajstić information content (AvgIpc) is 3.14. The topological polar surface area (TPSA) is 145 Å². The van der Waals surface area contributed by atoms with Crippen molar-refractivity contribution >= 4 is 17.6 Å². The summed E-state index contributed by atoms with van der Waals surface area (Å²) in [7, 11) is 0. The molecule has 2 aromatic heterocycles. The fourth-order valence-corrected chi connectivity index (χ4v) is 1.77. The van der Waals surface area contributed by atoms with Crippen LogP contribution in [0.2, 0.25) is 0 Å². The highest BCUT2D eigenvalue weighted by Crippen LogP contribution is 2.07. The van der Waals surface area contributed by atoms with Gasteiger partial charge in [0.15, 0.2) is 0 Å². The molecule has 2 heterocycles. The quantitative estimate of drug-likeness (QED) is 0.509. The van der Waals surface area contributed by atoms with Gasteiger partial charge in [-0.15, -0.1) is 0 Å². The number of carbonyl (C=O) groups is 2. The van der Waals surface area contributed by atoms with Gasteiger partial charge in [-0.05, 0) is 0 Å². The van der Waals surface area contributed by atoms with Crippen molar-refractivity contribution in [3.63, 3.8) is 0 Å². The predicted octanol–water partition coefficient (Wildman–Crippen LogP) is -0.108. The summed E-state index contributed by atoms with van der Waals surface area (Å²) in [6.45, 7) is 0.699. The van der Waals surface area contributed by atoms with Gasteiger partial charge in [-0.3, -0.25) is 29.1 Å². The van der Waals surface area contributed by atoms with E-state index < -0.39 is 10.9 Å². The average molecular weight is 322 g/mol. The molecule has 1 amide bonds. The van der Waals surface area contributed by atoms with E-state index in [1.165, 1.54) is 28.0 Å². The van der Waals surface area contributed by atoms with Gasteiger partial charge < -0.3 is 10.4 Å². The van der Waals surface area contributed by atoms with Crippen LogP contribution in [0.4, 0.5) is 5.69 Å². The Labute approximate surface area is 129 Å². The molecule has 0 aliphatic rings. The smallest absolute Gasteiger partial charge is 0.306 e. The number of aryl methyl sites for hydroxylation is 1. The molecule has 0 bridgehead atoms. The number of nitrogens with zero attached hydrogens (tertiary/aromatic N) is 5. The highest BCUT2D eigenvalue weighted by atomic mass is 16.6. The Bertz CT molecular complexity index is 721. The highest BCUT2D eigenvalue weighted by molar-refractivity contribution is 5.93. The van der Waals surface area contributed by atoms with Gasteiger partial charge in [-0.2, -0.15) is 10.2 Å². The lowest BCUT2D eigenvalue weighted by atomic mass is 10.3. The molecule has 0 aromatic carbocycles. The van der Waals surface area contributed by atoms with Gasteiger partial charge in [0.25, 0.3) is 5.91 Å². The standard InChI is InChI=1S/C12H14N6O5/c19-11(20)1-3-16-7-9(5-14-16)12(21)13-2-4-17-8-10(6-15-17)18(22)23/h5-8H,1-4H2,(H,13,21)(H,19,20). The molecule has 0 atom stereocenters. The number of amides is 1. The van der Waals surface area contributed by atoms with E-state index in [1.807, 2.05) is 0 Å². The van der Waals surface area contributed by atoms with E-state index in [4.69, 9.17) is 5.11 Å². The van der Waals surface area contributed by atoms with Crippen molar-refractivity contribution in [3.8, 4) is 0 Å². The maximum absolute atomic E-state index is 11.9. The second-order valence-electron chi connectivity index (χ2n) is 4.61. The molecule has 122 valence electrons. The molecule has 0 unspecified atom stereocenters. The Morgan fingerprint density at radius 3 is 2.57 bits per heavy atom. The summed E-state index contributed by atoms with van der Waals surface area (Å²) in [6.07, 6.45) is 5.12. The lowest BCUT2D eigenvalue weighted by molar-refractivity contribution is -0.385. The van der Waals surface area contributed by atoms with Crippen molar-refractivity contribution in [2.24, 2.45) is 0 Å². The molecular weight excluding hydrogens is 308 g/mol. The van der Waals surface area contributed by atoms with Gasteiger partial charge in [-0.25, -0.2) is 0 Å². The third kappa shape index (κ3) is 4.62. The van der Waals surface area contributed by atoms with E-state index in [0.29, 0.717) is 5.56 Å². The van der Waals surface area contributed by atoms with Gasteiger partial charge in [0.2, 0.25) is 0 Å². The number of hydrogen-bond acceptors (Lipinski definition) is 6. The number of aromatic nitrogens is 4. The molecule has 2 N–H and O–H groups in total. The Hall–Kier alpha value is -3.24. The van der Waals surface area contributed by atoms with Gasteiger partial charge >= 0.3 is 11.7 Å². The molecular formula is C12H14N6O5. The van der Waals surface area contributed by atoms with Gasteiger partial charge in [-0.1, -0.05) is 0 Å². The van der Waals surface area contributed by atoms with Crippen LogP contribution in [-0.4, -0.2) is 48.0 Å². The van der Waals surface area contributed by atoms with Crippen LogP contribution in [0.5, 0.6) is 0 Å². The minimum Gasteiger partial charge on any atom is -0.481 e. The largest absolute Gasteiger partial charge is 0.481 e. The Morgan fingerprint density at radius 2 is 1.91 bits per heavy atom. The summed E-state index contributed by atoms with van der Waals surface area (Å²) in [4.78, 5) is 32.3. The highest BCUT2D eigenvalue weighted by Gasteiger charge is 2.11. The summed E-state index contributed by atoms with van der Waals surface area (Å²) in [5, 5.41) is 29.4. The number of aliphatic carboxylic acids is 1. The molecule has 11 heteroatoms. The van der Waals surface area contributed by atoms with Crippen LogP contribution in [0.1, 0.15) is 16.8 Å². The van der Waals surface area contributed by atoms with E-state index in [9.17, 15) is 19.7 Å². The molecule has 2 rings (SSSR count). The minimum absolute atomic E-state index is 0.0825. The van der Waals surface area contributed by atoms with Crippen molar-refractivity contribution in [3.05, 3.63) is 40.5 Å². The summed E-state index contributed by atoms with van der Waals surface area (Å²) >= 11 is 0. The number of hydrogen-bond donors (Lipinski definition) is 2. The monoisotopic (exact) mass is 322 g/mol. The zero-order valence-corrected chi connectivity index (χ0v) is 12.0. The molecule has 0 fully saturated rings. The van der Waals surface area contributed by atoms with Crippen molar-refractivity contribution in [1.29, 1.82) is 0 Å². The summed E-state index contributed by atoms with van der Waals surface area (Å²) in [5.74, 6) is -1.31. The predicted molar refractivity (Wildman–Crippen MR) is 75.7 cm³/mol. The minimum atomic E-state index is -0.945. The third-order valence-electron chi connectivity index (χ3n) is 2.91. The van der Waals surface area contributed by atoms with E-state index in [-0.39, 0.29) is 37.6 Å². The summed E-state index contributed by atoms with van der Waals surface area (Å²) in [6, 6.07) is 0. The second-order valence-corrected chi connectivity index (χ2v) is 4.61. The van der Waals surface area contributed by atoms with Crippen molar-refractivity contribution in [1.82, 2.24) is 24.9 Å². The number of nitrogens with one attached hydrogen (secondary N) is 1. The van der Waals surface area contributed by atoms with Crippen LogP contribution in [0.15, 0.2) is 24.8 Å². The van der Waals surface area contributed by atoms with Crippen molar-refractivity contribution in [2.75, 3.05) is 6.54 Å². The van der Waals surface area contributed by atoms with E-state index in [2.05, 4.69) is 15.5 Å². The van der Waals surface area contributed by atoms with E-state index >= 15 is 0 Å². The van der Waals surface area contributed by atoms with Crippen molar-refractivity contribution in [2.45, 2.75) is 19.5 Å². The third-order valence-corrected chi connectivity index (χ3v) is 2.91. The molecule has 11 nitrogen and oxygen atoms in total. The van der Waals surface area contributed by atoms with Gasteiger partial charge in [0.1, 0.15) is 12.4 Å². The summed E-state index contributed by atoms with van der Waals surface area (Å²) < 4.78 is 2.73. The second kappa shape index (κ2) is 7.15. The maximum atomic E-state index is 11.9. The van der Waals surface area contributed by atoms with Crippen LogP contribution in [-0.2, 0) is 17.9 Å². The van der Waals surface area contributed by atoms with Crippen LogP contribution in [0.25, 0.3) is 0 Å². The molecule has 0 saturated heterocycles. The van der Waals surface area contributed by atoms with Gasteiger partial charge in [0.05, 0.1) is 36.2 Å². The number of carboxylic acids is 1. The first kappa shape index (κ1) is 16.1. The molecule has 0 spiro atoms. The zero-order chi connectivity index (χ0) is 16.8. The summed E-state index contributed by atoms with van der Waals surface area (Å²) in [5.41, 5.74) is 0.192. The van der Waals surface area contributed by atoms with E-state index in [0.717, 1.165) is 6.20 Å². The fourth-order valence-electron chi connectivity index (χ4n) is 1.77. The van der Waals surface area contributed by atoms with Crippen LogP contribution in [0.3, 0.4) is 0 Å². The zero-order valence-electron chi connectivity index (χ0n) is 12.0. The number of carboxylic acid groups (broad SMARTS) is 1. The first-order chi connectivity index (χ1) is 11.0. The molecule has 23 heavy (non-hydrogen) atoms. The van der Waals surface area contributed by atoms with Crippen molar-refractivity contribution < 1.29 is 19.6 Å². The lowest BCUT2D eigenvalue weighted by Crippen LogP contribution is -2.27. The van der Waals surface area contributed by atoms with Gasteiger partial charge in [0, 0.05) is 12.7 Å². The molecule has 0 aliphatic carbocycles. The Balaban J connectivity index is 1.80. The molecule has 0 aliphatic heterocycles. The number of nitro groups is 1. The SMILES string of the molecule is O=C(O)CCn1cc(C(=O)NCCn2cc([N+](=O)[O-])cn2)cn1. The Kier molecular flexibility index (Phi) is 5.02. The Morgan fingerprint density at radius 1 is 1.22 bits per heavy atom. The normalized spacial score (nSPS) is 10.4. The first-order valence-electron chi connectivity index (χ1n) is 6.65. The van der Waals surface area contributed by atoms with Crippen LogP contribution in [0, 0.1) is 10.1 Å².